The number of ketones is 1. The predicted octanol–water partition coefficient (Wildman–Crippen LogP) is 2.76. The Morgan fingerprint density at radius 2 is 1.71 bits per heavy atom. The van der Waals surface area contributed by atoms with Gasteiger partial charge in [-0.1, -0.05) is 19.3 Å². The maximum atomic E-state index is 12.0. The van der Waals surface area contributed by atoms with Crippen LogP contribution in [0, 0.1) is 5.41 Å². The highest BCUT2D eigenvalue weighted by Gasteiger charge is 2.56. The highest BCUT2D eigenvalue weighted by Crippen LogP contribution is 2.50. The largest absolute Gasteiger partial charge is 0.489 e. The Morgan fingerprint density at radius 3 is 2.24 bits per heavy atom. The van der Waals surface area contributed by atoms with Crippen LogP contribution < -0.4 is 4.74 Å². The summed E-state index contributed by atoms with van der Waals surface area (Å²) in [5.41, 5.74) is -0.270. The van der Waals surface area contributed by atoms with Gasteiger partial charge in [0, 0.05) is 12.7 Å². The van der Waals surface area contributed by atoms with E-state index < -0.39 is 9.84 Å². The molecule has 2 saturated carbocycles. The van der Waals surface area contributed by atoms with Crippen LogP contribution in [0.1, 0.15) is 38.5 Å². The lowest BCUT2D eigenvalue weighted by atomic mass is 9.57. The molecular weight excluding hydrogens is 288 g/mol. The van der Waals surface area contributed by atoms with Gasteiger partial charge in [-0.05, 0) is 37.1 Å². The fraction of sp³-hybridized carbons (Fsp3) is 0.562. The third-order valence-corrected chi connectivity index (χ3v) is 5.95. The Morgan fingerprint density at radius 1 is 1.10 bits per heavy atom. The van der Waals surface area contributed by atoms with Gasteiger partial charge in [0.1, 0.15) is 17.6 Å². The SMILES string of the molecule is CS(=O)(=O)c1ccc(OC2CC(=O)C23CCCCC3)cc1. The van der Waals surface area contributed by atoms with Crippen molar-refractivity contribution >= 4 is 15.6 Å². The summed E-state index contributed by atoms with van der Waals surface area (Å²) in [6.45, 7) is 0. The molecule has 0 amide bonds. The zero-order valence-electron chi connectivity index (χ0n) is 12.2. The molecule has 2 aliphatic carbocycles. The van der Waals surface area contributed by atoms with Crippen molar-refractivity contribution in [3.8, 4) is 5.75 Å². The number of hydrogen-bond donors (Lipinski definition) is 0. The maximum Gasteiger partial charge on any atom is 0.175 e. The van der Waals surface area contributed by atoms with Crippen molar-refractivity contribution in [3.63, 3.8) is 0 Å². The molecule has 0 aliphatic heterocycles. The lowest BCUT2D eigenvalue weighted by Gasteiger charge is -2.49. The molecule has 2 fully saturated rings. The van der Waals surface area contributed by atoms with Crippen LogP contribution in [0.4, 0.5) is 0 Å². The minimum Gasteiger partial charge on any atom is -0.489 e. The molecule has 0 N–H and O–H groups in total. The Hall–Kier alpha value is -1.36. The van der Waals surface area contributed by atoms with Crippen LogP contribution in [-0.4, -0.2) is 26.6 Å². The molecule has 1 atom stereocenters. The summed E-state index contributed by atoms with van der Waals surface area (Å²) in [6.07, 6.45) is 6.87. The van der Waals surface area contributed by atoms with Crippen molar-refractivity contribution in [2.75, 3.05) is 6.26 Å². The monoisotopic (exact) mass is 308 g/mol. The number of carbonyl (C=O) groups is 1. The van der Waals surface area contributed by atoms with E-state index in [2.05, 4.69) is 0 Å². The van der Waals surface area contributed by atoms with Crippen LogP contribution in [0.25, 0.3) is 0 Å². The Kier molecular flexibility index (Phi) is 3.56. The predicted molar refractivity (Wildman–Crippen MR) is 79.1 cm³/mol. The molecule has 5 heteroatoms. The summed E-state index contributed by atoms with van der Waals surface area (Å²) in [5, 5.41) is 0. The number of ether oxygens (including phenoxy) is 1. The molecule has 114 valence electrons. The number of rotatable bonds is 3. The summed E-state index contributed by atoms with van der Waals surface area (Å²) in [7, 11) is -3.19. The van der Waals surface area contributed by atoms with Crippen molar-refractivity contribution in [1.29, 1.82) is 0 Å². The number of hydrogen-bond acceptors (Lipinski definition) is 4. The first-order valence-corrected chi connectivity index (χ1v) is 9.31. The first-order valence-electron chi connectivity index (χ1n) is 7.42. The number of sulfone groups is 1. The Bertz CT molecular complexity index is 639. The summed E-state index contributed by atoms with van der Waals surface area (Å²) in [4.78, 5) is 12.3. The van der Waals surface area contributed by atoms with E-state index in [9.17, 15) is 13.2 Å². The molecule has 3 rings (SSSR count). The highest BCUT2D eigenvalue weighted by atomic mass is 32.2. The fourth-order valence-corrected chi connectivity index (χ4v) is 4.11. The van der Waals surface area contributed by atoms with Crippen LogP contribution in [0.3, 0.4) is 0 Å². The van der Waals surface area contributed by atoms with Gasteiger partial charge in [0.05, 0.1) is 10.3 Å². The van der Waals surface area contributed by atoms with E-state index in [-0.39, 0.29) is 16.4 Å². The van der Waals surface area contributed by atoms with Crippen LogP contribution in [0.2, 0.25) is 0 Å². The zero-order valence-corrected chi connectivity index (χ0v) is 13.0. The lowest BCUT2D eigenvalue weighted by Crippen LogP contribution is -2.57. The normalized spacial score (nSPS) is 24.6. The molecule has 1 spiro atoms. The first-order chi connectivity index (χ1) is 9.92. The molecule has 0 radical (unpaired) electrons. The van der Waals surface area contributed by atoms with Gasteiger partial charge in [0.2, 0.25) is 0 Å². The van der Waals surface area contributed by atoms with Crippen molar-refractivity contribution in [2.45, 2.75) is 49.5 Å². The first kappa shape index (κ1) is 14.6. The minimum atomic E-state index is -3.19. The van der Waals surface area contributed by atoms with E-state index in [1.165, 1.54) is 12.7 Å². The van der Waals surface area contributed by atoms with Gasteiger partial charge < -0.3 is 4.74 Å². The number of carbonyl (C=O) groups excluding carboxylic acids is 1. The molecule has 0 heterocycles. The molecular formula is C16H20O4S. The van der Waals surface area contributed by atoms with E-state index in [1.54, 1.807) is 24.3 Å². The molecule has 21 heavy (non-hydrogen) atoms. The van der Waals surface area contributed by atoms with Gasteiger partial charge in [-0.3, -0.25) is 4.79 Å². The molecule has 2 aliphatic rings. The average Bonchev–Trinajstić information content (AvgIpc) is 2.47. The van der Waals surface area contributed by atoms with Crippen molar-refractivity contribution in [2.24, 2.45) is 5.41 Å². The maximum absolute atomic E-state index is 12.0. The minimum absolute atomic E-state index is 0.0469. The quantitative estimate of drug-likeness (QED) is 0.861. The number of Topliss-reactive ketones (excluding diaryl/α,β-unsaturated/α-hetero) is 1. The van der Waals surface area contributed by atoms with E-state index in [0.717, 1.165) is 25.7 Å². The van der Waals surface area contributed by atoms with Gasteiger partial charge in [-0.15, -0.1) is 0 Å². The van der Waals surface area contributed by atoms with Crippen LogP contribution in [0.15, 0.2) is 29.2 Å². The van der Waals surface area contributed by atoms with E-state index in [4.69, 9.17) is 4.74 Å². The fourth-order valence-electron chi connectivity index (χ4n) is 3.48. The molecule has 0 aromatic heterocycles. The van der Waals surface area contributed by atoms with Crippen molar-refractivity contribution < 1.29 is 17.9 Å². The van der Waals surface area contributed by atoms with Crippen LogP contribution in [-0.2, 0) is 14.6 Å². The number of benzene rings is 1. The molecule has 0 saturated heterocycles. The second-order valence-corrected chi connectivity index (χ2v) is 8.21. The van der Waals surface area contributed by atoms with Crippen molar-refractivity contribution in [1.82, 2.24) is 0 Å². The van der Waals surface area contributed by atoms with Gasteiger partial charge in [-0.2, -0.15) is 0 Å². The Labute approximate surface area is 125 Å². The summed E-state index contributed by atoms with van der Waals surface area (Å²) < 4.78 is 28.8. The third kappa shape index (κ3) is 2.59. The van der Waals surface area contributed by atoms with E-state index in [1.807, 2.05) is 0 Å². The molecule has 0 bridgehead atoms. The van der Waals surface area contributed by atoms with Crippen molar-refractivity contribution in [3.05, 3.63) is 24.3 Å². The molecule has 1 aromatic rings. The smallest absolute Gasteiger partial charge is 0.175 e. The zero-order chi connectivity index (χ0) is 15.1. The standard InChI is InChI=1S/C16H20O4S/c1-21(18,19)13-7-5-12(6-8-13)20-15-11-14(17)16(15)9-3-2-4-10-16/h5-8,15H,2-4,9-11H2,1H3. The summed E-state index contributed by atoms with van der Waals surface area (Å²) in [5.74, 6) is 0.977. The van der Waals surface area contributed by atoms with Gasteiger partial charge in [-0.25, -0.2) is 8.42 Å². The summed E-state index contributed by atoms with van der Waals surface area (Å²) >= 11 is 0. The Balaban J connectivity index is 1.74. The van der Waals surface area contributed by atoms with E-state index in [0.29, 0.717) is 18.0 Å². The lowest BCUT2D eigenvalue weighted by molar-refractivity contribution is -0.156. The third-order valence-electron chi connectivity index (χ3n) is 4.82. The van der Waals surface area contributed by atoms with E-state index >= 15 is 0 Å². The summed E-state index contributed by atoms with van der Waals surface area (Å²) in [6, 6.07) is 6.46. The molecule has 4 nitrogen and oxygen atoms in total. The molecule has 1 aromatic carbocycles. The van der Waals surface area contributed by atoms with Gasteiger partial charge in [0.15, 0.2) is 9.84 Å². The topological polar surface area (TPSA) is 60.4 Å². The average molecular weight is 308 g/mol. The van der Waals surface area contributed by atoms with Crippen LogP contribution in [0.5, 0.6) is 5.75 Å². The second kappa shape index (κ2) is 5.13. The molecule has 1 unspecified atom stereocenters. The highest BCUT2D eigenvalue weighted by molar-refractivity contribution is 7.90. The second-order valence-electron chi connectivity index (χ2n) is 6.19. The van der Waals surface area contributed by atoms with Gasteiger partial charge >= 0.3 is 0 Å². The van der Waals surface area contributed by atoms with Crippen LogP contribution >= 0.6 is 0 Å². The van der Waals surface area contributed by atoms with Gasteiger partial charge in [0.25, 0.3) is 0 Å².